The number of rotatable bonds is 2. The molecule has 1 aliphatic carbocycles. The summed E-state index contributed by atoms with van der Waals surface area (Å²) < 4.78 is 32.8. The van der Waals surface area contributed by atoms with Crippen molar-refractivity contribution in [1.82, 2.24) is 4.31 Å². The van der Waals surface area contributed by atoms with Crippen molar-refractivity contribution >= 4 is 16.0 Å². The molecule has 22 heavy (non-hydrogen) atoms. The SMILES string of the molecule is Cc1ccc(S(=O)(=O)N2CCC3=C2C2(CCC2)OC3=O)cc1. The van der Waals surface area contributed by atoms with Gasteiger partial charge in [-0.2, -0.15) is 0 Å². The van der Waals surface area contributed by atoms with Crippen molar-refractivity contribution < 1.29 is 17.9 Å². The lowest BCUT2D eigenvalue weighted by Crippen LogP contribution is -2.46. The van der Waals surface area contributed by atoms with E-state index in [0.29, 0.717) is 24.2 Å². The lowest BCUT2D eigenvalue weighted by atomic mass is 9.78. The molecule has 2 heterocycles. The standard InChI is InChI=1S/C16H17NO4S/c1-11-3-5-12(6-4-11)22(19,20)17-10-7-13-14(17)16(8-2-9-16)21-15(13)18/h3-6H,2,7-10H2,1H3. The van der Waals surface area contributed by atoms with Crippen LogP contribution in [0.4, 0.5) is 0 Å². The van der Waals surface area contributed by atoms with Crippen LogP contribution in [0.2, 0.25) is 0 Å². The van der Waals surface area contributed by atoms with Gasteiger partial charge < -0.3 is 4.74 Å². The van der Waals surface area contributed by atoms with Crippen LogP contribution >= 0.6 is 0 Å². The minimum Gasteiger partial charge on any atom is -0.449 e. The van der Waals surface area contributed by atoms with Gasteiger partial charge in [-0.3, -0.25) is 4.31 Å². The van der Waals surface area contributed by atoms with E-state index in [0.717, 1.165) is 24.8 Å². The normalized spacial score (nSPS) is 22.8. The van der Waals surface area contributed by atoms with Gasteiger partial charge in [-0.05, 0) is 38.3 Å². The molecule has 116 valence electrons. The second-order valence-electron chi connectivity index (χ2n) is 6.20. The molecule has 6 heteroatoms. The molecule has 4 rings (SSSR count). The highest BCUT2D eigenvalue weighted by molar-refractivity contribution is 7.89. The molecule has 0 radical (unpaired) electrons. The van der Waals surface area contributed by atoms with E-state index in [1.54, 1.807) is 24.3 Å². The molecule has 1 spiro atoms. The predicted octanol–water partition coefficient (Wildman–Crippen LogP) is 2.12. The van der Waals surface area contributed by atoms with Crippen LogP contribution in [0, 0.1) is 6.92 Å². The summed E-state index contributed by atoms with van der Waals surface area (Å²) in [6, 6.07) is 6.81. The Morgan fingerprint density at radius 2 is 1.86 bits per heavy atom. The van der Waals surface area contributed by atoms with Crippen molar-refractivity contribution in [3.8, 4) is 0 Å². The first kappa shape index (κ1) is 13.8. The number of ether oxygens (including phenoxy) is 1. The third-order valence-corrected chi connectivity index (χ3v) is 6.65. The zero-order valence-corrected chi connectivity index (χ0v) is 13.1. The minimum atomic E-state index is -3.64. The van der Waals surface area contributed by atoms with Crippen LogP contribution in [0.5, 0.6) is 0 Å². The fourth-order valence-electron chi connectivity index (χ4n) is 3.50. The number of hydrogen-bond donors (Lipinski definition) is 0. The van der Waals surface area contributed by atoms with Gasteiger partial charge in [-0.15, -0.1) is 0 Å². The van der Waals surface area contributed by atoms with Crippen LogP contribution in [-0.2, 0) is 19.6 Å². The van der Waals surface area contributed by atoms with Gasteiger partial charge in [-0.1, -0.05) is 17.7 Å². The molecule has 0 saturated heterocycles. The Hall–Kier alpha value is -1.82. The zero-order chi connectivity index (χ0) is 15.5. The number of benzene rings is 1. The molecule has 0 N–H and O–H groups in total. The zero-order valence-electron chi connectivity index (χ0n) is 12.3. The molecule has 5 nitrogen and oxygen atoms in total. The topological polar surface area (TPSA) is 63.7 Å². The maximum absolute atomic E-state index is 12.9. The van der Waals surface area contributed by atoms with E-state index in [1.807, 2.05) is 6.92 Å². The number of fused-ring (bicyclic) bond motifs is 1. The highest BCUT2D eigenvalue weighted by atomic mass is 32.2. The Labute approximate surface area is 129 Å². The van der Waals surface area contributed by atoms with Crippen molar-refractivity contribution in [3.63, 3.8) is 0 Å². The quantitative estimate of drug-likeness (QED) is 0.783. The van der Waals surface area contributed by atoms with Crippen molar-refractivity contribution in [2.75, 3.05) is 6.54 Å². The fraction of sp³-hybridized carbons (Fsp3) is 0.438. The van der Waals surface area contributed by atoms with Gasteiger partial charge in [0.1, 0.15) is 0 Å². The molecular formula is C16H17NO4S. The van der Waals surface area contributed by atoms with Crippen LogP contribution < -0.4 is 0 Å². The number of aryl methyl sites for hydroxylation is 1. The summed E-state index contributed by atoms with van der Waals surface area (Å²) in [7, 11) is -3.64. The molecular weight excluding hydrogens is 302 g/mol. The summed E-state index contributed by atoms with van der Waals surface area (Å²) in [6.45, 7) is 2.25. The number of carbonyl (C=O) groups is 1. The Kier molecular flexibility index (Phi) is 2.73. The van der Waals surface area contributed by atoms with E-state index < -0.39 is 15.6 Å². The molecule has 0 unspecified atom stereocenters. The minimum absolute atomic E-state index is 0.265. The van der Waals surface area contributed by atoms with Crippen LogP contribution in [0.25, 0.3) is 0 Å². The van der Waals surface area contributed by atoms with E-state index in [4.69, 9.17) is 4.74 Å². The summed E-state index contributed by atoms with van der Waals surface area (Å²) in [5.74, 6) is -0.337. The molecule has 0 atom stereocenters. The third kappa shape index (κ3) is 1.70. The molecule has 2 aliphatic heterocycles. The Morgan fingerprint density at radius 1 is 1.18 bits per heavy atom. The lowest BCUT2D eigenvalue weighted by molar-refractivity contribution is -0.154. The highest BCUT2D eigenvalue weighted by Crippen LogP contribution is 2.52. The molecule has 0 bridgehead atoms. The third-order valence-electron chi connectivity index (χ3n) is 4.84. The van der Waals surface area contributed by atoms with Crippen LogP contribution in [0.1, 0.15) is 31.2 Å². The van der Waals surface area contributed by atoms with Gasteiger partial charge in [0, 0.05) is 13.0 Å². The summed E-state index contributed by atoms with van der Waals surface area (Å²) in [5.41, 5.74) is 1.48. The molecule has 1 saturated carbocycles. The highest BCUT2D eigenvalue weighted by Gasteiger charge is 2.57. The number of carbonyl (C=O) groups excluding carboxylic acids is 1. The van der Waals surface area contributed by atoms with E-state index >= 15 is 0 Å². The first-order valence-electron chi connectivity index (χ1n) is 7.50. The molecule has 3 aliphatic rings. The van der Waals surface area contributed by atoms with Crippen LogP contribution in [0.3, 0.4) is 0 Å². The second kappa shape index (κ2) is 4.35. The van der Waals surface area contributed by atoms with Crippen molar-refractivity contribution in [1.29, 1.82) is 0 Å². The number of esters is 1. The van der Waals surface area contributed by atoms with E-state index in [1.165, 1.54) is 4.31 Å². The number of sulfonamides is 1. The molecule has 1 aromatic carbocycles. The van der Waals surface area contributed by atoms with Gasteiger partial charge in [-0.25, -0.2) is 13.2 Å². The summed E-state index contributed by atoms with van der Waals surface area (Å²) >= 11 is 0. The molecule has 1 fully saturated rings. The van der Waals surface area contributed by atoms with E-state index in [-0.39, 0.29) is 10.9 Å². The molecule has 0 amide bonds. The Bertz CT molecular complexity index is 788. The summed E-state index contributed by atoms with van der Waals surface area (Å²) in [4.78, 5) is 12.3. The van der Waals surface area contributed by atoms with E-state index in [9.17, 15) is 13.2 Å². The van der Waals surface area contributed by atoms with Crippen LogP contribution in [-0.4, -0.2) is 30.8 Å². The summed E-state index contributed by atoms with van der Waals surface area (Å²) in [5, 5.41) is 0. The van der Waals surface area contributed by atoms with Crippen LogP contribution in [0.15, 0.2) is 40.4 Å². The number of nitrogens with zero attached hydrogens (tertiary/aromatic N) is 1. The Balaban J connectivity index is 1.78. The summed E-state index contributed by atoms with van der Waals surface area (Å²) in [6.07, 6.45) is 2.85. The second-order valence-corrected chi connectivity index (χ2v) is 8.07. The molecule has 0 aromatic heterocycles. The maximum Gasteiger partial charge on any atom is 0.336 e. The monoisotopic (exact) mass is 319 g/mol. The fourth-order valence-corrected chi connectivity index (χ4v) is 5.08. The molecule has 1 aromatic rings. The van der Waals surface area contributed by atoms with E-state index in [2.05, 4.69) is 0 Å². The lowest BCUT2D eigenvalue weighted by Gasteiger charge is -2.41. The average Bonchev–Trinajstić information content (AvgIpc) is 2.99. The van der Waals surface area contributed by atoms with Crippen molar-refractivity contribution in [2.45, 2.75) is 43.1 Å². The first-order chi connectivity index (χ1) is 10.4. The largest absolute Gasteiger partial charge is 0.449 e. The first-order valence-corrected chi connectivity index (χ1v) is 8.94. The predicted molar refractivity (Wildman–Crippen MR) is 79.4 cm³/mol. The van der Waals surface area contributed by atoms with Crippen molar-refractivity contribution in [2.24, 2.45) is 0 Å². The van der Waals surface area contributed by atoms with Gasteiger partial charge in [0.05, 0.1) is 16.2 Å². The van der Waals surface area contributed by atoms with Gasteiger partial charge >= 0.3 is 5.97 Å². The van der Waals surface area contributed by atoms with Gasteiger partial charge in [0.2, 0.25) is 0 Å². The smallest absolute Gasteiger partial charge is 0.336 e. The van der Waals surface area contributed by atoms with Crippen molar-refractivity contribution in [3.05, 3.63) is 41.1 Å². The number of hydrogen-bond acceptors (Lipinski definition) is 4. The van der Waals surface area contributed by atoms with Gasteiger partial charge in [0.15, 0.2) is 5.60 Å². The average molecular weight is 319 g/mol. The Morgan fingerprint density at radius 3 is 2.45 bits per heavy atom. The maximum atomic E-state index is 12.9. The van der Waals surface area contributed by atoms with Gasteiger partial charge in [0.25, 0.3) is 10.0 Å².